The highest BCUT2D eigenvalue weighted by atomic mass is 16.5. The van der Waals surface area contributed by atoms with Gasteiger partial charge in [0.25, 0.3) is 5.91 Å². The molecule has 0 spiro atoms. The van der Waals surface area contributed by atoms with E-state index in [0.717, 1.165) is 0 Å². The molecule has 0 fully saturated rings. The van der Waals surface area contributed by atoms with Gasteiger partial charge in [0.05, 0.1) is 18.9 Å². The normalized spacial score (nSPS) is 11.8. The van der Waals surface area contributed by atoms with Gasteiger partial charge in [0.2, 0.25) is 0 Å². The zero-order valence-electron chi connectivity index (χ0n) is 17.7. The van der Waals surface area contributed by atoms with Crippen LogP contribution in [0.5, 0.6) is 0 Å². The Labute approximate surface area is 170 Å². The lowest BCUT2D eigenvalue weighted by atomic mass is 9.99. The van der Waals surface area contributed by atoms with Gasteiger partial charge in [-0.3, -0.25) is 9.59 Å². The molecule has 0 saturated carbocycles. The number of hydrogen-bond acceptors (Lipinski definition) is 5. The first kappa shape index (κ1) is 22.2. The second-order valence-electron chi connectivity index (χ2n) is 6.66. The van der Waals surface area contributed by atoms with Crippen LogP contribution in [0.15, 0.2) is 35.5 Å². The number of esters is 1. The second-order valence-corrected chi connectivity index (χ2v) is 6.66. The minimum atomic E-state index is -0.772. The summed E-state index contributed by atoms with van der Waals surface area (Å²) in [5.41, 5.74) is 2.04. The molecule has 2 aromatic rings. The van der Waals surface area contributed by atoms with Gasteiger partial charge in [0.1, 0.15) is 5.69 Å². The average Bonchev–Trinajstić information content (AvgIpc) is 3.31. The lowest BCUT2D eigenvalue weighted by Crippen LogP contribution is -2.43. The number of carbonyl (C=O) groups excluding carboxylic acids is 3. The maximum Gasteiger partial charge on any atom is 0.355 e. The smallest absolute Gasteiger partial charge is 0.355 e. The fraction of sp³-hybridized carbons (Fsp3) is 0.409. The maximum absolute atomic E-state index is 13.4. The van der Waals surface area contributed by atoms with Gasteiger partial charge in [0.15, 0.2) is 11.5 Å². The van der Waals surface area contributed by atoms with Crippen LogP contribution in [0.1, 0.15) is 63.4 Å². The van der Waals surface area contributed by atoms with Crippen LogP contribution in [0.3, 0.4) is 0 Å². The van der Waals surface area contributed by atoms with E-state index in [1.54, 1.807) is 50.5 Å². The molecule has 7 nitrogen and oxygen atoms in total. The largest absolute Gasteiger partial charge is 0.461 e. The van der Waals surface area contributed by atoms with Gasteiger partial charge in [-0.05, 0) is 52.3 Å². The molecule has 0 aliphatic carbocycles. The van der Waals surface area contributed by atoms with Gasteiger partial charge in [-0.2, -0.15) is 0 Å². The van der Waals surface area contributed by atoms with E-state index < -0.39 is 17.9 Å². The molecule has 0 radical (unpaired) electrons. The molecule has 29 heavy (non-hydrogen) atoms. The fourth-order valence-corrected chi connectivity index (χ4v) is 3.56. The summed E-state index contributed by atoms with van der Waals surface area (Å²) in [6.45, 7) is 13.5. The minimum Gasteiger partial charge on any atom is -0.461 e. The molecule has 0 N–H and O–H groups in total. The van der Waals surface area contributed by atoms with E-state index in [4.69, 9.17) is 9.15 Å². The number of Topliss-reactive ketones (excluding diaryl/α,β-unsaturated/α-hetero) is 1. The van der Waals surface area contributed by atoms with Crippen molar-refractivity contribution in [2.24, 2.45) is 0 Å². The highest BCUT2D eigenvalue weighted by molar-refractivity contribution is 6.07. The van der Waals surface area contributed by atoms with Gasteiger partial charge in [-0.25, -0.2) is 4.79 Å². The molecule has 0 saturated heterocycles. The van der Waals surface area contributed by atoms with Gasteiger partial charge >= 0.3 is 5.97 Å². The Hall–Kier alpha value is -3.09. The van der Waals surface area contributed by atoms with Crippen molar-refractivity contribution in [3.63, 3.8) is 0 Å². The quantitative estimate of drug-likeness (QED) is 0.363. The molecule has 2 rings (SSSR count). The minimum absolute atomic E-state index is 0.151. The van der Waals surface area contributed by atoms with Crippen molar-refractivity contribution in [3.8, 4) is 0 Å². The van der Waals surface area contributed by atoms with Crippen molar-refractivity contribution >= 4 is 17.7 Å². The summed E-state index contributed by atoms with van der Waals surface area (Å²) in [5.74, 6) is -0.958. The molecule has 1 amide bonds. The highest BCUT2D eigenvalue weighted by Gasteiger charge is 2.33. The predicted molar refractivity (Wildman–Crippen MR) is 109 cm³/mol. The van der Waals surface area contributed by atoms with Crippen molar-refractivity contribution in [3.05, 3.63) is 59.3 Å². The third-order valence-corrected chi connectivity index (χ3v) is 4.96. The Balaban J connectivity index is 2.47. The van der Waals surface area contributed by atoms with E-state index in [0.29, 0.717) is 29.1 Å². The maximum atomic E-state index is 13.4. The molecule has 0 aliphatic heterocycles. The van der Waals surface area contributed by atoms with Crippen molar-refractivity contribution in [1.29, 1.82) is 0 Å². The van der Waals surface area contributed by atoms with Crippen LogP contribution >= 0.6 is 0 Å². The zero-order chi connectivity index (χ0) is 21.7. The molecule has 0 aromatic carbocycles. The number of aromatic nitrogens is 1. The van der Waals surface area contributed by atoms with E-state index in [9.17, 15) is 14.4 Å². The second kappa shape index (κ2) is 9.41. The molecule has 7 heteroatoms. The van der Waals surface area contributed by atoms with E-state index in [1.807, 2.05) is 6.92 Å². The Kier molecular flexibility index (Phi) is 7.20. The summed E-state index contributed by atoms with van der Waals surface area (Å²) in [6.07, 6.45) is 2.97. The first-order valence-electron chi connectivity index (χ1n) is 9.66. The molecule has 1 atom stereocenters. The Morgan fingerprint density at radius 3 is 2.52 bits per heavy atom. The molecular formula is C22H28N2O5. The third kappa shape index (κ3) is 4.18. The summed E-state index contributed by atoms with van der Waals surface area (Å²) in [4.78, 5) is 40.1. The van der Waals surface area contributed by atoms with Gasteiger partial charge < -0.3 is 18.6 Å². The lowest BCUT2D eigenvalue weighted by molar-refractivity contribution is 0.0512. The van der Waals surface area contributed by atoms with E-state index in [-0.39, 0.29) is 24.7 Å². The topological polar surface area (TPSA) is 81.8 Å². The molecule has 2 heterocycles. The predicted octanol–water partition coefficient (Wildman–Crippen LogP) is 3.79. The third-order valence-electron chi connectivity index (χ3n) is 4.96. The number of ketones is 1. The molecule has 2 aromatic heterocycles. The van der Waals surface area contributed by atoms with Crippen LogP contribution < -0.4 is 0 Å². The van der Waals surface area contributed by atoms with Crippen molar-refractivity contribution in [1.82, 2.24) is 9.47 Å². The number of furan rings is 1. The van der Waals surface area contributed by atoms with Gasteiger partial charge in [-0.15, -0.1) is 6.58 Å². The van der Waals surface area contributed by atoms with Gasteiger partial charge in [0, 0.05) is 24.3 Å². The van der Waals surface area contributed by atoms with Crippen molar-refractivity contribution in [2.45, 2.75) is 47.2 Å². The first-order valence-corrected chi connectivity index (χ1v) is 9.66. The van der Waals surface area contributed by atoms with Crippen LogP contribution in [0.2, 0.25) is 0 Å². The molecular weight excluding hydrogens is 372 g/mol. The Bertz CT molecular complexity index is 908. The van der Waals surface area contributed by atoms with Crippen LogP contribution in [0, 0.1) is 13.8 Å². The number of hydrogen-bond donors (Lipinski definition) is 0. The van der Waals surface area contributed by atoms with E-state index in [1.165, 1.54) is 11.2 Å². The first-order chi connectivity index (χ1) is 13.8. The molecule has 156 valence electrons. The number of amides is 1. The number of carbonyl (C=O) groups is 3. The zero-order valence-corrected chi connectivity index (χ0v) is 17.7. The molecule has 1 unspecified atom stereocenters. The van der Waals surface area contributed by atoms with Crippen LogP contribution in [0.25, 0.3) is 0 Å². The fourth-order valence-electron chi connectivity index (χ4n) is 3.56. The number of ether oxygens (including phenoxy) is 1. The number of nitrogens with zero attached hydrogens (tertiary/aromatic N) is 2. The number of rotatable bonds is 9. The summed E-state index contributed by atoms with van der Waals surface area (Å²) in [5, 5.41) is 0. The molecule has 0 aliphatic rings. The summed E-state index contributed by atoms with van der Waals surface area (Å²) in [6, 6.07) is 2.40. The monoisotopic (exact) mass is 400 g/mol. The van der Waals surface area contributed by atoms with Crippen LogP contribution in [0.4, 0.5) is 0 Å². The standard InChI is InChI=1S/C22H28N2O5/c1-7-12-24(21(26)17-11-10-13-29-17)16(6)20(25)18-14(4)19(22(27)28-9-3)23(8-2)15(18)5/h7,10-11,13,16H,1,8-9,12H2,2-6H3. The average molecular weight is 400 g/mol. The highest BCUT2D eigenvalue weighted by Crippen LogP contribution is 2.26. The van der Waals surface area contributed by atoms with Gasteiger partial charge in [-0.1, -0.05) is 6.08 Å². The summed E-state index contributed by atoms with van der Waals surface area (Å²) >= 11 is 0. The summed E-state index contributed by atoms with van der Waals surface area (Å²) in [7, 11) is 0. The molecule has 0 bridgehead atoms. The van der Waals surface area contributed by atoms with Crippen molar-refractivity contribution < 1.29 is 23.5 Å². The van der Waals surface area contributed by atoms with E-state index >= 15 is 0 Å². The Morgan fingerprint density at radius 1 is 1.31 bits per heavy atom. The van der Waals surface area contributed by atoms with Crippen LogP contribution in [-0.4, -0.2) is 46.3 Å². The Morgan fingerprint density at radius 2 is 2.00 bits per heavy atom. The van der Waals surface area contributed by atoms with E-state index in [2.05, 4.69) is 6.58 Å². The SMILES string of the molecule is C=CCN(C(=O)c1ccco1)C(C)C(=O)c1c(C)c(C(=O)OCC)n(CC)c1C. The van der Waals surface area contributed by atoms with Crippen molar-refractivity contribution in [2.75, 3.05) is 13.2 Å². The summed E-state index contributed by atoms with van der Waals surface area (Å²) < 4.78 is 12.2. The lowest BCUT2D eigenvalue weighted by Gasteiger charge is -2.26. The van der Waals surface area contributed by atoms with Crippen LogP contribution in [-0.2, 0) is 11.3 Å².